The minimum Gasteiger partial charge on any atom is -0.482 e. The minimum absolute atomic E-state index is 0.0379. The van der Waals surface area contributed by atoms with Gasteiger partial charge < -0.3 is 19.9 Å². The van der Waals surface area contributed by atoms with E-state index in [1.807, 2.05) is 6.07 Å². The highest BCUT2D eigenvalue weighted by atomic mass is 16.5. The Hall–Kier alpha value is -1.92. The zero-order chi connectivity index (χ0) is 18.6. The molecule has 27 heavy (non-hydrogen) atoms. The predicted molar refractivity (Wildman–Crippen MR) is 104 cm³/mol. The van der Waals surface area contributed by atoms with Crippen LogP contribution in [0.4, 0.5) is 5.69 Å². The van der Waals surface area contributed by atoms with Crippen LogP contribution in [0.2, 0.25) is 0 Å². The van der Waals surface area contributed by atoms with E-state index in [9.17, 15) is 9.59 Å². The van der Waals surface area contributed by atoms with Gasteiger partial charge in [0.1, 0.15) is 5.75 Å². The molecule has 3 aliphatic rings. The predicted octanol–water partition coefficient (Wildman–Crippen LogP) is 2.40. The van der Waals surface area contributed by atoms with Gasteiger partial charge in [-0.25, -0.2) is 0 Å². The highest BCUT2D eigenvalue weighted by molar-refractivity contribution is 6.01. The zero-order valence-corrected chi connectivity index (χ0v) is 15.9. The molecule has 0 aromatic heterocycles. The lowest BCUT2D eigenvalue weighted by Crippen LogP contribution is -2.42. The van der Waals surface area contributed by atoms with Crippen molar-refractivity contribution in [3.8, 4) is 5.75 Å². The first kappa shape index (κ1) is 18.4. The summed E-state index contributed by atoms with van der Waals surface area (Å²) in [4.78, 5) is 29.5. The average Bonchev–Trinajstić information content (AvgIpc) is 2.72. The molecule has 2 fully saturated rings. The van der Waals surface area contributed by atoms with Crippen molar-refractivity contribution in [2.45, 2.75) is 32.1 Å². The summed E-state index contributed by atoms with van der Waals surface area (Å²) in [6.07, 6.45) is 5.88. The SMILES string of the molecule is O=C1COc2ccc(C(=O)C3CCN(CCN4CCCCC4)CC3)cc2N1. The third-order valence-corrected chi connectivity index (χ3v) is 6.04. The Kier molecular flexibility index (Phi) is 5.74. The third kappa shape index (κ3) is 4.50. The number of hydrogen-bond donors (Lipinski definition) is 1. The summed E-state index contributed by atoms with van der Waals surface area (Å²) in [6.45, 7) is 6.79. The number of piperidine rings is 2. The van der Waals surface area contributed by atoms with E-state index in [1.54, 1.807) is 12.1 Å². The second kappa shape index (κ2) is 8.40. The maximum absolute atomic E-state index is 12.9. The Morgan fingerprint density at radius 1 is 1.04 bits per heavy atom. The molecule has 0 aliphatic carbocycles. The topological polar surface area (TPSA) is 61.9 Å². The van der Waals surface area contributed by atoms with E-state index in [2.05, 4.69) is 15.1 Å². The van der Waals surface area contributed by atoms with Crippen molar-refractivity contribution in [1.29, 1.82) is 0 Å². The van der Waals surface area contributed by atoms with Gasteiger partial charge in [0.2, 0.25) is 0 Å². The number of fused-ring (bicyclic) bond motifs is 1. The fraction of sp³-hybridized carbons (Fsp3) is 0.619. The van der Waals surface area contributed by atoms with Crippen LogP contribution in [0.1, 0.15) is 42.5 Å². The minimum atomic E-state index is -0.172. The number of carbonyl (C=O) groups excluding carboxylic acids is 2. The lowest BCUT2D eigenvalue weighted by atomic mass is 9.88. The van der Waals surface area contributed by atoms with Gasteiger partial charge in [-0.3, -0.25) is 9.59 Å². The van der Waals surface area contributed by atoms with Crippen molar-refractivity contribution in [3.63, 3.8) is 0 Å². The molecule has 0 bridgehead atoms. The summed E-state index contributed by atoms with van der Waals surface area (Å²) in [7, 11) is 0. The maximum atomic E-state index is 12.9. The van der Waals surface area contributed by atoms with Gasteiger partial charge in [0.15, 0.2) is 12.4 Å². The molecule has 2 saturated heterocycles. The van der Waals surface area contributed by atoms with E-state index in [0.29, 0.717) is 17.0 Å². The van der Waals surface area contributed by atoms with Crippen molar-refractivity contribution in [1.82, 2.24) is 9.80 Å². The molecule has 3 heterocycles. The molecule has 0 spiro atoms. The molecule has 146 valence electrons. The third-order valence-electron chi connectivity index (χ3n) is 6.04. The molecular weight excluding hydrogens is 342 g/mol. The number of rotatable bonds is 5. The molecule has 1 N–H and O–H groups in total. The van der Waals surface area contributed by atoms with Gasteiger partial charge >= 0.3 is 0 Å². The lowest BCUT2D eigenvalue weighted by molar-refractivity contribution is -0.118. The summed E-state index contributed by atoms with van der Waals surface area (Å²) < 4.78 is 5.37. The van der Waals surface area contributed by atoms with Crippen LogP contribution in [0.25, 0.3) is 0 Å². The van der Waals surface area contributed by atoms with Crippen LogP contribution < -0.4 is 10.1 Å². The van der Waals surface area contributed by atoms with Gasteiger partial charge in [0.25, 0.3) is 5.91 Å². The molecule has 1 aromatic rings. The van der Waals surface area contributed by atoms with Gasteiger partial charge in [0, 0.05) is 24.6 Å². The number of ether oxygens (including phenoxy) is 1. The maximum Gasteiger partial charge on any atom is 0.262 e. The number of carbonyl (C=O) groups is 2. The van der Waals surface area contributed by atoms with Crippen molar-refractivity contribution >= 4 is 17.4 Å². The van der Waals surface area contributed by atoms with E-state index in [0.717, 1.165) is 39.0 Å². The van der Waals surface area contributed by atoms with Crippen molar-refractivity contribution < 1.29 is 14.3 Å². The fourth-order valence-electron chi connectivity index (χ4n) is 4.36. The van der Waals surface area contributed by atoms with Gasteiger partial charge in [-0.15, -0.1) is 0 Å². The molecule has 6 heteroatoms. The number of amides is 1. The average molecular weight is 371 g/mol. The van der Waals surface area contributed by atoms with E-state index in [1.165, 1.54) is 32.4 Å². The number of Topliss-reactive ketones (excluding diaryl/α,β-unsaturated/α-hetero) is 1. The van der Waals surface area contributed by atoms with Crippen LogP contribution in [0, 0.1) is 5.92 Å². The highest BCUT2D eigenvalue weighted by Crippen LogP contribution is 2.30. The summed E-state index contributed by atoms with van der Waals surface area (Å²) in [5.74, 6) is 0.732. The molecule has 0 atom stereocenters. The molecule has 4 rings (SSSR count). The fourth-order valence-corrected chi connectivity index (χ4v) is 4.36. The number of anilines is 1. The summed E-state index contributed by atoms with van der Waals surface area (Å²) in [5.41, 5.74) is 1.28. The molecule has 0 unspecified atom stereocenters. The van der Waals surface area contributed by atoms with Crippen molar-refractivity contribution in [3.05, 3.63) is 23.8 Å². The second-order valence-electron chi connectivity index (χ2n) is 7.93. The first-order valence-electron chi connectivity index (χ1n) is 10.2. The summed E-state index contributed by atoms with van der Waals surface area (Å²) >= 11 is 0. The van der Waals surface area contributed by atoms with Crippen LogP contribution in [-0.4, -0.2) is 67.4 Å². The van der Waals surface area contributed by atoms with Crippen LogP contribution in [0.5, 0.6) is 5.75 Å². The number of likely N-dealkylation sites (tertiary alicyclic amines) is 2. The van der Waals surface area contributed by atoms with E-state index in [-0.39, 0.29) is 24.2 Å². The Labute approximate surface area is 160 Å². The molecule has 0 saturated carbocycles. The Morgan fingerprint density at radius 3 is 2.48 bits per heavy atom. The molecule has 1 aromatic carbocycles. The molecule has 3 aliphatic heterocycles. The number of ketones is 1. The number of benzene rings is 1. The van der Waals surface area contributed by atoms with Crippen molar-refractivity contribution in [2.24, 2.45) is 5.92 Å². The largest absolute Gasteiger partial charge is 0.482 e. The number of nitrogens with one attached hydrogen (secondary N) is 1. The summed E-state index contributed by atoms with van der Waals surface area (Å²) in [6, 6.07) is 5.37. The standard InChI is InChI=1S/C21H29N3O3/c25-20-15-27-19-5-4-17(14-18(19)22-20)21(26)16-6-10-24(11-7-16)13-12-23-8-2-1-3-9-23/h4-5,14,16H,1-3,6-13,15H2,(H,22,25). The van der Waals surface area contributed by atoms with Gasteiger partial charge in [-0.2, -0.15) is 0 Å². The van der Waals surface area contributed by atoms with Gasteiger partial charge in [0.05, 0.1) is 5.69 Å². The highest BCUT2D eigenvalue weighted by Gasteiger charge is 2.27. The van der Waals surface area contributed by atoms with E-state index in [4.69, 9.17) is 4.74 Å². The van der Waals surface area contributed by atoms with Gasteiger partial charge in [-0.1, -0.05) is 6.42 Å². The molecule has 6 nitrogen and oxygen atoms in total. The van der Waals surface area contributed by atoms with E-state index >= 15 is 0 Å². The Balaban J connectivity index is 1.28. The van der Waals surface area contributed by atoms with Crippen LogP contribution in [0.15, 0.2) is 18.2 Å². The Morgan fingerprint density at radius 2 is 1.74 bits per heavy atom. The number of hydrogen-bond acceptors (Lipinski definition) is 5. The van der Waals surface area contributed by atoms with Crippen LogP contribution in [-0.2, 0) is 4.79 Å². The van der Waals surface area contributed by atoms with Gasteiger partial charge in [-0.05, 0) is 70.1 Å². The number of nitrogens with zero attached hydrogens (tertiary/aromatic N) is 2. The monoisotopic (exact) mass is 371 g/mol. The normalized spacial score (nSPS) is 22.0. The van der Waals surface area contributed by atoms with Crippen LogP contribution >= 0.6 is 0 Å². The Bertz CT molecular complexity index is 692. The smallest absolute Gasteiger partial charge is 0.262 e. The lowest BCUT2D eigenvalue weighted by Gasteiger charge is -2.34. The first-order chi connectivity index (χ1) is 13.2. The summed E-state index contributed by atoms with van der Waals surface area (Å²) in [5, 5.41) is 2.78. The zero-order valence-electron chi connectivity index (χ0n) is 15.9. The van der Waals surface area contributed by atoms with Crippen LogP contribution in [0.3, 0.4) is 0 Å². The molecule has 1 amide bonds. The first-order valence-corrected chi connectivity index (χ1v) is 10.2. The van der Waals surface area contributed by atoms with Crippen molar-refractivity contribution in [2.75, 3.05) is 51.2 Å². The molecular formula is C21H29N3O3. The van der Waals surface area contributed by atoms with E-state index < -0.39 is 0 Å². The molecule has 0 radical (unpaired) electrons. The second-order valence-corrected chi connectivity index (χ2v) is 7.93. The quantitative estimate of drug-likeness (QED) is 0.806.